The van der Waals surface area contributed by atoms with Crippen molar-refractivity contribution in [3.8, 4) is 0 Å². The number of benzene rings is 1. The van der Waals surface area contributed by atoms with Crippen LogP contribution in [-0.2, 0) is 0 Å². The largest absolute Gasteiger partial charge is 0.327 e. The van der Waals surface area contributed by atoms with Crippen molar-refractivity contribution in [1.82, 2.24) is 0 Å². The average molecular weight is 270 g/mol. The maximum atomic E-state index is 6.23. The van der Waals surface area contributed by atoms with E-state index in [1.165, 1.54) is 17.7 Å². The van der Waals surface area contributed by atoms with Gasteiger partial charge in [0.25, 0.3) is 0 Å². The predicted octanol–water partition coefficient (Wildman–Crippen LogP) is 4.34. The molecule has 1 aromatic carbocycles. The molecule has 1 fully saturated rings. The van der Waals surface area contributed by atoms with Crippen molar-refractivity contribution in [2.24, 2.45) is 11.1 Å². The van der Waals surface area contributed by atoms with Crippen LogP contribution >= 0.6 is 23.4 Å². The molecule has 0 saturated heterocycles. The third-order valence-corrected chi connectivity index (χ3v) is 5.05. The summed E-state index contributed by atoms with van der Waals surface area (Å²) in [6, 6.07) is 8.37. The van der Waals surface area contributed by atoms with E-state index < -0.39 is 0 Å². The Hall–Kier alpha value is -0.180. The molecule has 0 bridgehead atoms. The van der Waals surface area contributed by atoms with Crippen LogP contribution in [-0.4, -0.2) is 11.3 Å². The third kappa shape index (κ3) is 3.64. The summed E-state index contributed by atoms with van der Waals surface area (Å²) in [4.78, 5) is 1.23. The molecule has 2 unspecified atom stereocenters. The van der Waals surface area contributed by atoms with Crippen molar-refractivity contribution < 1.29 is 0 Å². The van der Waals surface area contributed by atoms with Crippen molar-refractivity contribution >= 4 is 23.4 Å². The zero-order valence-corrected chi connectivity index (χ0v) is 12.0. The Labute approximate surface area is 113 Å². The molecular weight excluding hydrogens is 250 g/mol. The van der Waals surface area contributed by atoms with Crippen molar-refractivity contribution in [3.05, 3.63) is 29.3 Å². The molecule has 1 aliphatic carbocycles. The molecule has 0 spiro atoms. The van der Waals surface area contributed by atoms with Crippen LogP contribution in [0.15, 0.2) is 29.2 Å². The van der Waals surface area contributed by atoms with Crippen LogP contribution < -0.4 is 5.73 Å². The molecule has 0 amide bonds. The molecule has 0 heterocycles. The lowest BCUT2D eigenvalue weighted by Crippen LogP contribution is -2.41. The zero-order valence-electron chi connectivity index (χ0n) is 10.4. The molecule has 0 radical (unpaired) electrons. The van der Waals surface area contributed by atoms with Crippen LogP contribution in [0.1, 0.15) is 33.1 Å². The van der Waals surface area contributed by atoms with Gasteiger partial charge >= 0.3 is 0 Å². The minimum Gasteiger partial charge on any atom is -0.327 e. The standard InChI is InChI=1S/C14H20ClNS/c1-14(2)7-6-12(16)13(9-14)17-11-5-3-4-10(15)8-11/h3-5,8,12-13H,6-7,9,16H2,1-2H3. The highest BCUT2D eigenvalue weighted by molar-refractivity contribution is 8.00. The molecule has 2 rings (SSSR count). The fourth-order valence-electron chi connectivity index (χ4n) is 2.39. The summed E-state index contributed by atoms with van der Waals surface area (Å²) in [7, 11) is 0. The highest BCUT2D eigenvalue weighted by Gasteiger charge is 2.33. The van der Waals surface area contributed by atoms with Crippen LogP contribution in [0.25, 0.3) is 0 Å². The van der Waals surface area contributed by atoms with E-state index in [0.717, 1.165) is 11.4 Å². The van der Waals surface area contributed by atoms with E-state index in [-0.39, 0.29) is 0 Å². The minimum absolute atomic E-state index is 0.312. The second-order valence-corrected chi connectivity index (χ2v) is 7.43. The Morgan fingerprint density at radius 2 is 2.18 bits per heavy atom. The summed E-state index contributed by atoms with van der Waals surface area (Å²) in [5.41, 5.74) is 6.65. The average Bonchev–Trinajstić information content (AvgIpc) is 2.23. The second-order valence-electron chi connectivity index (χ2n) is 5.68. The normalized spacial score (nSPS) is 28.0. The topological polar surface area (TPSA) is 26.0 Å². The van der Waals surface area contributed by atoms with Crippen LogP contribution in [0, 0.1) is 5.41 Å². The van der Waals surface area contributed by atoms with Crippen LogP contribution in [0.3, 0.4) is 0 Å². The van der Waals surface area contributed by atoms with E-state index in [9.17, 15) is 0 Å². The first kappa shape index (κ1) is 13.3. The van der Waals surface area contributed by atoms with E-state index in [1.54, 1.807) is 0 Å². The first-order valence-electron chi connectivity index (χ1n) is 6.14. The van der Waals surface area contributed by atoms with Crippen LogP contribution in [0.2, 0.25) is 5.02 Å². The number of rotatable bonds is 2. The summed E-state index contributed by atoms with van der Waals surface area (Å²) in [6.45, 7) is 4.68. The van der Waals surface area contributed by atoms with Gasteiger partial charge in [-0.25, -0.2) is 0 Å². The molecular formula is C14H20ClNS. The van der Waals surface area contributed by atoms with Crippen molar-refractivity contribution in [2.75, 3.05) is 0 Å². The van der Waals surface area contributed by atoms with Gasteiger partial charge in [0.05, 0.1) is 0 Å². The van der Waals surface area contributed by atoms with Crippen LogP contribution in [0.5, 0.6) is 0 Å². The summed E-state index contributed by atoms with van der Waals surface area (Å²) in [5, 5.41) is 1.32. The van der Waals surface area contributed by atoms with Gasteiger partial charge in [0.15, 0.2) is 0 Å². The predicted molar refractivity (Wildman–Crippen MR) is 76.7 cm³/mol. The van der Waals surface area contributed by atoms with E-state index in [2.05, 4.69) is 19.9 Å². The minimum atomic E-state index is 0.312. The molecule has 1 aliphatic rings. The van der Waals surface area contributed by atoms with E-state index in [0.29, 0.717) is 16.7 Å². The van der Waals surface area contributed by atoms with Gasteiger partial charge in [-0.05, 0) is 42.9 Å². The number of hydrogen-bond donors (Lipinski definition) is 1. The zero-order chi connectivity index (χ0) is 12.5. The van der Waals surface area contributed by atoms with E-state index in [4.69, 9.17) is 17.3 Å². The Kier molecular flexibility index (Phi) is 4.06. The Bertz CT molecular complexity index is 392. The van der Waals surface area contributed by atoms with Gasteiger partial charge in [-0.2, -0.15) is 0 Å². The summed E-state index contributed by atoms with van der Waals surface area (Å²) in [6.07, 6.45) is 3.55. The number of thioether (sulfide) groups is 1. The molecule has 1 saturated carbocycles. The SMILES string of the molecule is CC1(C)CCC(N)C(Sc2cccc(Cl)c2)C1. The number of nitrogens with two attached hydrogens (primary N) is 1. The molecule has 94 valence electrons. The lowest BCUT2D eigenvalue weighted by molar-refractivity contribution is 0.232. The summed E-state index contributed by atoms with van der Waals surface area (Å²) < 4.78 is 0. The molecule has 3 heteroatoms. The Morgan fingerprint density at radius 1 is 1.41 bits per heavy atom. The van der Waals surface area contributed by atoms with E-state index >= 15 is 0 Å². The number of hydrogen-bond acceptors (Lipinski definition) is 2. The van der Waals surface area contributed by atoms with Gasteiger partial charge < -0.3 is 5.73 Å². The van der Waals surface area contributed by atoms with Gasteiger partial charge in [0.1, 0.15) is 0 Å². The van der Waals surface area contributed by atoms with Gasteiger partial charge in [0, 0.05) is 21.2 Å². The maximum absolute atomic E-state index is 6.23. The van der Waals surface area contributed by atoms with Crippen molar-refractivity contribution in [1.29, 1.82) is 0 Å². The Morgan fingerprint density at radius 3 is 2.88 bits per heavy atom. The first-order valence-corrected chi connectivity index (χ1v) is 7.40. The van der Waals surface area contributed by atoms with Crippen LogP contribution in [0.4, 0.5) is 0 Å². The fourth-order valence-corrected chi connectivity index (χ4v) is 4.19. The molecule has 0 aliphatic heterocycles. The monoisotopic (exact) mass is 269 g/mol. The van der Waals surface area contributed by atoms with E-state index in [1.807, 2.05) is 30.0 Å². The molecule has 1 nitrogen and oxygen atoms in total. The molecule has 1 aromatic rings. The smallest absolute Gasteiger partial charge is 0.0417 e. The molecule has 2 atom stereocenters. The fraction of sp³-hybridized carbons (Fsp3) is 0.571. The lowest BCUT2D eigenvalue weighted by atomic mass is 9.75. The highest BCUT2D eigenvalue weighted by Crippen LogP contribution is 2.42. The summed E-state index contributed by atoms with van der Waals surface area (Å²) in [5.74, 6) is 0. The van der Waals surface area contributed by atoms with Crippen molar-refractivity contribution in [2.45, 2.75) is 49.3 Å². The highest BCUT2D eigenvalue weighted by atomic mass is 35.5. The lowest BCUT2D eigenvalue weighted by Gasteiger charge is -2.38. The first-order chi connectivity index (χ1) is 7.96. The Balaban J connectivity index is 2.06. The number of halogens is 1. The van der Waals surface area contributed by atoms with Gasteiger partial charge in [-0.15, -0.1) is 11.8 Å². The maximum Gasteiger partial charge on any atom is 0.0417 e. The molecule has 0 aromatic heterocycles. The molecule has 2 N–H and O–H groups in total. The quantitative estimate of drug-likeness (QED) is 0.864. The van der Waals surface area contributed by atoms with Gasteiger partial charge in [-0.3, -0.25) is 0 Å². The second kappa shape index (κ2) is 5.21. The third-order valence-electron chi connectivity index (χ3n) is 3.47. The summed E-state index contributed by atoms with van der Waals surface area (Å²) >= 11 is 7.89. The molecule has 17 heavy (non-hydrogen) atoms. The van der Waals surface area contributed by atoms with Gasteiger partial charge in [-0.1, -0.05) is 31.5 Å². The van der Waals surface area contributed by atoms with Crippen molar-refractivity contribution in [3.63, 3.8) is 0 Å². The van der Waals surface area contributed by atoms with Gasteiger partial charge in [0.2, 0.25) is 0 Å².